The van der Waals surface area contributed by atoms with E-state index in [1.165, 1.54) is 16.9 Å². The van der Waals surface area contributed by atoms with Crippen molar-refractivity contribution < 1.29 is 9.53 Å². The van der Waals surface area contributed by atoms with E-state index in [0.29, 0.717) is 23.2 Å². The van der Waals surface area contributed by atoms with Gasteiger partial charge in [-0.2, -0.15) is 0 Å². The molecule has 0 aliphatic heterocycles. The van der Waals surface area contributed by atoms with Crippen molar-refractivity contribution >= 4 is 44.4 Å². The molecule has 0 N–H and O–H groups in total. The van der Waals surface area contributed by atoms with Crippen molar-refractivity contribution in [3.8, 4) is 5.75 Å². The summed E-state index contributed by atoms with van der Waals surface area (Å²) in [6, 6.07) is 19.8. The highest BCUT2D eigenvalue weighted by molar-refractivity contribution is 7.99. The maximum atomic E-state index is 13.3. The second-order valence-corrected chi connectivity index (χ2v) is 9.00. The smallest absolute Gasteiger partial charge is 0.239 e. The van der Waals surface area contributed by atoms with Crippen molar-refractivity contribution in [2.24, 2.45) is 0 Å². The maximum absolute atomic E-state index is 13.3. The zero-order valence-corrected chi connectivity index (χ0v) is 19.1. The van der Waals surface area contributed by atoms with E-state index >= 15 is 0 Å². The highest BCUT2D eigenvalue weighted by Gasteiger charge is 2.22. The topological polar surface area (TPSA) is 55.3 Å². The van der Waals surface area contributed by atoms with E-state index in [1.807, 2.05) is 55.5 Å². The predicted molar refractivity (Wildman–Crippen MR) is 129 cm³/mol. The summed E-state index contributed by atoms with van der Waals surface area (Å²) in [5.41, 5.74) is 3.94. The molecule has 2 aromatic heterocycles. The lowest BCUT2D eigenvalue weighted by molar-refractivity contribution is -0.116. The number of amides is 1. The number of thioether (sulfide) groups is 1. The second-order valence-electron chi connectivity index (χ2n) is 7.04. The second kappa shape index (κ2) is 9.94. The van der Waals surface area contributed by atoms with Crippen LogP contribution in [-0.2, 0) is 17.1 Å². The van der Waals surface area contributed by atoms with Crippen molar-refractivity contribution in [1.29, 1.82) is 0 Å². The SMILES string of the molecule is COc1ccc(C)c2sc(N(Cc3ccccn3)C(=O)CSCc3ccccc3)nc12. The van der Waals surface area contributed by atoms with Gasteiger partial charge in [0.15, 0.2) is 5.13 Å². The van der Waals surface area contributed by atoms with Crippen LogP contribution in [0.3, 0.4) is 0 Å². The molecule has 0 aliphatic carbocycles. The number of methoxy groups -OCH3 is 1. The van der Waals surface area contributed by atoms with Gasteiger partial charge in [-0.15, -0.1) is 11.8 Å². The van der Waals surface area contributed by atoms with Crippen molar-refractivity contribution in [3.63, 3.8) is 0 Å². The molecule has 0 bridgehead atoms. The number of aryl methyl sites for hydroxylation is 1. The third kappa shape index (κ3) is 5.06. The molecule has 0 fully saturated rings. The Hall–Kier alpha value is -2.90. The molecule has 7 heteroatoms. The maximum Gasteiger partial charge on any atom is 0.239 e. The van der Waals surface area contributed by atoms with Crippen molar-refractivity contribution in [2.45, 2.75) is 19.2 Å². The molecule has 0 radical (unpaired) electrons. The molecule has 31 heavy (non-hydrogen) atoms. The monoisotopic (exact) mass is 449 g/mol. The first-order valence-electron chi connectivity index (χ1n) is 9.92. The predicted octanol–water partition coefficient (Wildman–Crippen LogP) is 5.47. The van der Waals surface area contributed by atoms with E-state index in [4.69, 9.17) is 9.72 Å². The van der Waals surface area contributed by atoms with Gasteiger partial charge in [0.25, 0.3) is 0 Å². The summed E-state index contributed by atoms with van der Waals surface area (Å²) < 4.78 is 6.52. The van der Waals surface area contributed by atoms with Crippen LogP contribution in [0.5, 0.6) is 5.75 Å². The summed E-state index contributed by atoms with van der Waals surface area (Å²) in [4.78, 5) is 24.2. The van der Waals surface area contributed by atoms with Gasteiger partial charge in [0.2, 0.25) is 5.91 Å². The molecule has 4 aromatic rings. The molecule has 4 rings (SSSR count). The fraction of sp³-hybridized carbons (Fsp3) is 0.208. The number of pyridine rings is 1. The first kappa shape index (κ1) is 21.3. The number of hydrogen-bond acceptors (Lipinski definition) is 6. The lowest BCUT2D eigenvalue weighted by Crippen LogP contribution is -2.32. The Balaban J connectivity index is 1.60. The number of thiazole rings is 1. The summed E-state index contributed by atoms with van der Waals surface area (Å²) in [6.45, 7) is 2.43. The lowest BCUT2D eigenvalue weighted by Gasteiger charge is -2.19. The van der Waals surface area contributed by atoms with E-state index in [1.54, 1.807) is 30.0 Å². The first-order chi connectivity index (χ1) is 15.2. The molecule has 0 aliphatic rings. The van der Waals surface area contributed by atoms with Gasteiger partial charge in [-0.05, 0) is 36.2 Å². The van der Waals surface area contributed by atoms with Gasteiger partial charge in [-0.1, -0.05) is 53.8 Å². The average molecular weight is 450 g/mol. The number of carbonyl (C=O) groups is 1. The Bertz CT molecular complexity index is 1160. The molecule has 1 amide bonds. The minimum atomic E-state index is 0.0160. The minimum Gasteiger partial charge on any atom is -0.494 e. The molecule has 158 valence electrons. The van der Waals surface area contributed by atoms with Crippen LogP contribution < -0.4 is 9.64 Å². The third-order valence-corrected chi connectivity index (χ3v) is 7.03. The van der Waals surface area contributed by atoms with Gasteiger partial charge in [-0.3, -0.25) is 14.7 Å². The number of carbonyl (C=O) groups excluding carboxylic acids is 1. The fourth-order valence-electron chi connectivity index (χ4n) is 3.20. The molecule has 2 aromatic carbocycles. The van der Waals surface area contributed by atoms with Crippen LogP contribution in [0.1, 0.15) is 16.8 Å². The molecule has 0 unspecified atom stereocenters. The van der Waals surface area contributed by atoms with Gasteiger partial charge in [0, 0.05) is 11.9 Å². The standard InChI is InChI=1S/C24H23N3O2S2/c1-17-11-12-20(29-2)22-23(17)31-24(26-22)27(14-19-10-6-7-13-25-19)21(28)16-30-15-18-8-4-3-5-9-18/h3-13H,14-16H2,1-2H3. The van der Waals surface area contributed by atoms with E-state index in [0.717, 1.165) is 27.2 Å². The van der Waals surface area contributed by atoms with Crippen LogP contribution in [0, 0.1) is 6.92 Å². The number of aromatic nitrogens is 2. The van der Waals surface area contributed by atoms with E-state index < -0.39 is 0 Å². The quantitative estimate of drug-likeness (QED) is 0.357. The highest BCUT2D eigenvalue weighted by atomic mass is 32.2. The Morgan fingerprint density at radius 1 is 1.10 bits per heavy atom. The van der Waals surface area contributed by atoms with Gasteiger partial charge in [0.1, 0.15) is 11.3 Å². The van der Waals surface area contributed by atoms with Gasteiger partial charge >= 0.3 is 0 Å². The zero-order chi connectivity index (χ0) is 21.6. The van der Waals surface area contributed by atoms with E-state index in [2.05, 4.69) is 17.1 Å². The molecule has 0 spiro atoms. The Kier molecular flexibility index (Phi) is 6.84. The lowest BCUT2D eigenvalue weighted by atomic mass is 10.2. The van der Waals surface area contributed by atoms with Crippen LogP contribution in [0.15, 0.2) is 66.9 Å². The summed E-state index contributed by atoms with van der Waals surface area (Å²) >= 11 is 3.12. The van der Waals surface area contributed by atoms with Crippen LogP contribution in [-0.4, -0.2) is 28.7 Å². The Morgan fingerprint density at radius 2 is 1.90 bits per heavy atom. The minimum absolute atomic E-state index is 0.0160. The van der Waals surface area contributed by atoms with Crippen LogP contribution >= 0.6 is 23.1 Å². The fourth-order valence-corrected chi connectivity index (χ4v) is 5.13. The summed E-state index contributed by atoms with van der Waals surface area (Å²) in [6.07, 6.45) is 1.74. The number of benzene rings is 2. The summed E-state index contributed by atoms with van der Waals surface area (Å²) in [5.74, 6) is 1.89. The average Bonchev–Trinajstić information content (AvgIpc) is 3.25. The van der Waals surface area contributed by atoms with Crippen LogP contribution in [0.2, 0.25) is 0 Å². The number of ether oxygens (including phenoxy) is 1. The molecular weight excluding hydrogens is 426 g/mol. The summed E-state index contributed by atoms with van der Waals surface area (Å²) in [7, 11) is 1.64. The Morgan fingerprint density at radius 3 is 2.65 bits per heavy atom. The number of hydrogen-bond donors (Lipinski definition) is 0. The number of nitrogens with zero attached hydrogens (tertiary/aromatic N) is 3. The third-order valence-electron chi connectivity index (χ3n) is 4.83. The van der Waals surface area contributed by atoms with Gasteiger partial charge in [0.05, 0.1) is 29.8 Å². The van der Waals surface area contributed by atoms with Crippen molar-refractivity contribution in [3.05, 3.63) is 83.7 Å². The highest BCUT2D eigenvalue weighted by Crippen LogP contribution is 2.37. The molecular formula is C24H23N3O2S2. The number of rotatable bonds is 8. The van der Waals surface area contributed by atoms with E-state index in [-0.39, 0.29) is 5.91 Å². The Labute approximate surface area is 190 Å². The molecule has 0 saturated heterocycles. The van der Waals surface area contributed by atoms with Crippen molar-refractivity contribution in [2.75, 3.05) is 17.8 Å². The van der Waals surface area contributed by atoms with Gasteiger partial charge < -0.3 is 4.74 Å². The van der Waals surface area contributed by atoms with Gasteiger partial charge in [-0.25, -0.2) is 4.98 Å². The zero-order valence-electron chi connectivity index (χ0n) is 17.4. The normalized spacial score (nSPS) is 10.9. The first-order valence-corrected chi connectivity index (χ1v) is 11.9. The number of anilines is 1. The summed E-state index contributed by atoms with van der Waals surface area (Å²) in [5, 5.41) is 0.665. The number of fused-ring (bicyclic) bond motifs is 1. The van der Waals surface area contributed by atoms with Crippen LogP contribution in [0.4, 0.5) is 5.13 Å². The van der Waals surface area contributed by atoms with E-state index in [9.17, 15) is 4.79 Å². The molecule has 5 nitrogen and oxygen atoms in total. The molecule has 0 atom stereocenters. The molecule has 2 heterocycles. The largest absolute Gasteiger partial charge is 0.494 e. The van der Waals surface area contributed by atoms with Crippen molar-refractivity contribution in [1.82, 2.24) is 9.97 Å². The molecule has 0 saturated carbocycles. The van der Waals surface area contributed by atoms with Crippen LogP contribution in [0.25, 0.3) is 10.2 Å².